The predicted octanol–water partition coefficient (Wildman–Crippen LogP) is 2.14. The smallest absolute Gasteiger partial charge is 0.109 e. The van der Waals surface area contributed by atoms with Crippen molar-refractivity contribution >= 4 is 0 Å². The SMILES string of the molecule is Cc1[nH]c(C2CC2)nc1CC1CCNCC1. The normalized spacial score (nSPS) is 22.6. The van der Waals surface area contributed by atoms with Crippen LogP contribution in [0.2, 0.25) is 0 Å². The van der Waals surface area contributed by atoms with Crippen LogP contribution in [0.1, 0.15) is 48.8 Å². The van der Waals surface area contributed by atoms with Crippen LogP contribution in [0.4, 0.5) is 0 Å². The van der Waals surface area contributed by atoms with Crippen LogP contribution in [0, 0.1) is 12.8 Å². The van der Waals surface area contributed by atoms with Gasteiger partial charge in [0.15, 0.2) is 0 Å². The summed E-state index contributed by atoms with van der Waals surface area (Å²) in [5, 5.41) is 3.42. The maximum atomic E-state index is 4.79. The quantitative estimate of drug-likeness (QED) is 0.817. The minimum atomic E-state index is 0.750. The third-order valence-electron chi connectivity index (χ3n) is 3.91. The molecule has 88 valence electrons. The number of H-pyrrole nitrogens is 1. The van der Waals surface area contributed by atoms with Gasteiger partial charge in [0.05, 0.1) is 5.69 Å². The van der Waals surface area contributed by atoms with E-state index in [9.17, 15) is 0 Å². The zero-order valence-electron chi connectivity index (χ0n) is 10.1. The number of piperidine rings is 1. The van der Waals surface area contributed by atoms with Gasteiger partial charge in [0.2, 0.25) is 0 Å². The van der Waals surface area contributed by atoms with E-state index in [-0.39, 0.29) is 0 Å². The van der Waals surface area contributed by atoms with Gasteiger partial charge in [0.1, 0.15) is 5.82 Å². The van der Waals surface area contributed by atoms with E-state index in [0.29, 0.717) is 0 Å². The van der Waals surface area contributed by atoms with Crippen LogP contribution >= 0.6 is 0 Å². The van der Waals surface area contributed by atoms with Gasteiger partial charge in [0.25, 0.3) is 0 Å². The Morgan fingerprint density at radius 2 is 1.94 bits per heavy atom. The molecule has 0 amide bonds. The highest BCUT2D eigenvalue weighted by Gasteiger charge is 2.27. The Labute approximate surface area is 97.0 Å². The Hall–Kier alpha value is -0.830. The number of rotatable bonds is 3. The van der Waals surface area contributed by atoms with Gasteiger partial charge >= 0.3 is 0 Å². The molecule has 0 unspecified atom stereocenters. The lowest BCUT2D eigenvalue weighted by Gasteiger charge is -2.21. The Morgan fingerprint density at radius 3 is 2.62 bits per heavy atom. The van der Waals surface area contributed by atoms with E-state index in [2.05, 4.69) is 17.2 Å². The van der Waals surface area contributed by atoms with Crippen molar-refractivity contribution in [3.8, 4) is 0 Å². The van der Waals surface area contributed by atoms with E-state index >= 15 is 0 Å². The van der Waals surface area contributed by atoms with E-state index in [4.69, 9.17) is 4.98 Å². The molecule has 16 heavy (non-hydrogen) atoms. The van der Waals surface area contributed by atoms with Gasteiger partial charge in [-0.3, -0.25) is 0 Å². The largest absolute Gasteiger partial charge is 0.346 e. The summed E-state index contributed by atoms with van der Waals surface area (Å²) in [5.74, 6) is 2.84. The van der Waals surface area contributed by atoms with Gasteiger partial charge in [0, 0.05) is 11.6 Å². The Balaban J connectivity index is 1.68. The Bertz CT molecular complexity index is 359. The lowest BCUT2D eigenvalue weighted by Crippen LogP contribution is -2.28. The lowest BCUT2D eigenvalue weighted by atomic mass is 9.93. The molecule has 1 aromatic heterocycles. The van der Waals surface area contributed by atoms with Crippen molar-refractivity contribution in [3.63, 3.8) is 0 Å². The molecule has 2 heterocycles. The fraction of sp³-hybridized carbons (Fsp3) is 0.769. The molecule has 1 saturated carbocycles. The molecule has 3 nitrogen and oxygen atoms in total. The lowest BCUT2D eigenvalue weighted by molar-refractivity contribution is 0.370. The van der Waals surface area contributed by atoms with Crippen LogP contribution in [0.25, 0.3) is 0 Å². The number of aryl methyl sites for hydroxylation is 1. The van der Waals surface area contributed by atoms with Gasteiger partial charge in [-0.25, -0.2) is 4.98 Å². The highest BCUT2D eigenvalue weighted by molar-refractivity contribution is 5.18. The summed E-state index contributed by atoms with van der Waals surface area (Å²) < 4.78 is 0. The van der Waals surface area contributed by atoms with Crippen molar-refractivity contribution in [1.82, 2.24) is 15.3 Å². The minimum Gasteiger partial charge on any atom is -0.346 e. The van der Waals surface area contributed by atoms with E-state index < -0.39 is 0 Å². The third-order valence-corrected chi connectivity index (χ3v) is 3.91. The minimum absolute atomic E-state index is 0.750. The average molecular weight is 219 g/mol. The molecule has 3 heteroatoms. The van der Waals surface area contributed by atoms with Crippen LogP contribution in [0.3, 0.4) is 0 Å². The Kier molecular flexibility index (Phi) is 2.72. The van der Waals surface area contributed by atoms with Crippen LogP contribution in [-0.2, 0) is 6.42 Å². The van der Waals surface area contributed by atoms with Crippen molar-refractivity contribution in [3.05, 3.63) is 17.2 Å². The zero-order valence-corrected chi connectivity index (χ0v) is 10.1. The first-order chi connectivity index (χ1) is 7.83. The van der Waals surface area contributed by atoms with Crippen molar-refractivity contribution in [1.29, 1.82) is 0 Å². The maximum Gasteiger partial charge on any atom is 0.109 e. The summed E-state index contributed by atoms with van der Waals surface area (Å²) in [6.07, 6.45) is 6.46. The summed E-state index contributed by atoms with van der Waals surface area (Å²) in [6, 6.07) is 0. The maximum absolute atomic E-state index is 4.79. The fourth-order valence-corrected chi connectivity index (χ4v) is 2.63. The molecule has 2 fully saturated rings. The van der Waals surface area contributed by atoms with Gasteiger partial charge in [-0.2, -0.15) is 0 Å². The highest BCUT2D eigenvalue weighted by Crippen LogP contribution is 2.38. The molecule has 1 aromatic rings. The molecular weight excluding hydrogens is 198 g/mol. The van der Waals surface area contributed by atoms with Gasteiger partial charge in [-0.1, -0.05) is 0 Å². The van der Waals surface area contributed by atoms with Crippen molar-refractivity contribution in [2.24, 2.45) is 5.92 Å². The van der Waals surface area contributed by atoms with Gasteiger partial charge in [-0.15, -0.1) is 0 Å². The van der Waals surface area contributed by atoms with E-state index in [1.165, 1.54) is 62.4 Å². The molecule has 1 aliphatic carbocycles. The first-order valence-corrected chi connectivity index (χ1v) is 6.59. The first-order valence-electron chi connectivity index (χ1n) is 6.59. The summed E-state index contributed by atoms with van der Waals surface area (Å²) in [6.45, 7) is 4.54. The molecule has 2 N–H and O–H groups in total. The van der Waals surface area contributed by atoms with Crippen LogP contribution in [0.15, 0.2) is 0 Å². The van der Waals surface area contributed by atoms with Crippen LogP contribution < -0.4 is 5.32 Å². The number of nitrogens with one attached hydrogen (secondary N) is 2. The molecule has 0 spiro atoms. The zero-order chi connectivity index (χ0) is 11.0. The van der Waals surface area contributed by atoms with E-state index in [0.717, 1.165) is 11.8 Å². The molecule has 0 aromatic carbocycles. The molecule has 0 bridgehead atoms. The van der Waals surface area contributed by atoms with Gasteiger partial charge < -0.3 is 10.3 Å². The number of hydrogen-bond acceptors (Lipinski definition) is 2. The second-order valence-electron chi connectivity index (χ2n) is 5.37. The van der Waals surface area contributed by atoms with Crippen molar-refractivity contribution in [2.75, 3.05) is 13.1 Å². The standard InChI is InChI=1S/C13H21N3/c1-9-12(8-10-4-6-14-7-5-10)16-13(15-9)11-2-3-11/h10-11,14H,2-8H2,1H3,(H,15,16). The van der Waals surface area contributed by atoms with Gasteiger partial charge in [-0.05, 0) is 58.0 Å². The van der Waals surface area contributed by atoms with Crippen LogP contribution in [0.5, 0.6) is 0 Å². The van der Waals surface area contributed by atoms with Crippen molar-refractivity contribution < 1.29 is 0 Å². The highest BCUT2D eigenvalue weighted by atomic mass is 15.0. The molecule has 1 saturated heterocycles. The molecule has 0 radical (unpaired) electrons. The fourth-order valence-electron chi connectivity index (χ4n) is 2.63. The third kappa shape index (κ3) is 2.14. The number of aromatic nitrogens is 2. The molecule has 0 atom stereocenters. The van der Waals surface area contributed by atoms with Crippen molar-refractivity contribution in [2.45, 2.75) is 44.9 Å². The molecule has 3 rings (SSSR count). The second kappa shape index (κ2) is 4.21. The monoisotopic (exact) mass is 219 g/mol. The number of hydrogen-bond donors (Lipinski definition) is 2. The van der Waals surface area contributed by atoms with Crippen LogP contribution in [-0.4, -0.2) is 23.1 Å². The number of aromatic amines is 1. The Morgan fingerprint density at radius 1 is 1.19 bits per heavy atom. The summed E-state index contributed by atoms with van der Waals surface area (Å²) >= 11 is 0. The second-order valence-corrected chi connectivity index (χ2v) is 5.37. The van der Waals surface area contributed by atoms with E-state index in [1.807, 2.05) is 0 Å². The molecular formula is C13H21N3. The molecule has 1 aliphatic heterocycles. The van der Waals surface area contributed by atoms with E-state index in [1.54, 1.807) is 0 Å². The molecule has 2 aliphatic rings. The number of nitrogens with zero attached hydrogens (tertiary/aromatic N) is 1. The summed E-state index contributed by atoms with van der Waals surface area (Å²) in [4.78, 5) is 8.26. The summed E-state index contributed by atoms with van der Waals surface area (Å²) in [5.41, 5.74) is 2.63. The average Bonchev–Trinajstić information content (AvgIpc) is 3.07. The topological polar surface area (TPSA) is 40.7 Å². The predicted molar refractivity (Wildman–Crippen MR) is 64.6 cm³/mol. The first kappa shape index (κ1) is 10.3. The summed E-state index contributed by atoms with van der Waals surface area (Å²) in [7, 11) is 0. The number of imidazole rings is 1.